The molecule has 1 N–H and O–H groups in total. The van der Waals surface area contributed by atoms with Crippen molar-refractivity contribution >= 4 is 5.97 Å². The van der Waals surface area contributed by atoms with Crippen LogP contribution in [0.15, 0.2) is 12.2 Å². The van der Waals surface area contributed by atoms with E-state index in [2.05, 4.69) is 20.4 Å². The first kappa shape index (κ1) is 21.2. The molecule has 0 heterocycles. The summed E-state index contributed by atoms with van der Waals surface area (Å²) in [5.74, 6) is 0.0198. The minimum Gasteiger partial charge on any atom is -0.478 e. The molecule has 22 heavy (non-hydrogen) atoms. The van der Waals surface area contributed by atoms with Gasteiger partial charge in [0.05, 0.1) is 0 Å². The second-order valence-electron chi connectivity index (χ2n) is 7.08. The molecule has 0 aromatic rings. The van der Waals surface area contributed by atoms with Gasteiger partial charge in [-0.05, 0) is 18.8 Å². The smallest absolute Gasteiger partial charge is 0.330 e. The van der Waals surface area contributed by atoms with Crippen molar-refractivity contribution in [3.8, 4) is 0 Å². The molecular weight excluding hydrogens is 272 g/mol. The van der Waals surface area contributed by atoms with Crippen molar-refractivity contribution in [2.75, 3.05) is 0 Å². The second-order valence-corrected chi connectivity index (χ2v) is 7.08. The third-order valence-electron chi connectivity index (χ3n) is 4.31. The summed E-state index contributed by atoms with van der Waals surface area (Å²) in [4.78, 5) is 10.6. The molecule has 0 aliphatic carbocycles. The lowest BCUT2D eigenvalue weighted by molar-refractivity contribution is -0.132. The number of rotatable bonds is 16. The molecule has 0 saturated carbocycles. The van der Waals surface area contributed by atoms with E-state index in [9.17, 15) is 4.79 Å². The SMILES string of the molecule is C=C(CCCCCCCCCCCCCCC(C)C)C(=O)O. The maximum absolute atomic E-state index is 10.6. The minimum absolute atomic E-state index is 0.355. The van der Waals surface area contributed by atoms with Crippen LogP contribution in [0.1, 0.15) is 104 Å². The van der Waals surface area contributed by atoms with Crippen LogP contribution in [0.2, 0.25) is 0 Å². The Bertz CT molecular complexity index is 281. The number of hydrogen-bond acceptors (Lipinski definition) is 1. The van der Waals surface area contributed by atoms with Gasteiger partial charge in [0.2, 0.25) is 0 Å². The van der Waals surface area contributed by atoms with Gasteiger partial charge in [-0.25, -0.2) is 4.79 Å². The van der Waals surface area contributed by atoms with Gasteiger partial charge in [-0.2, -0.15) is 0 Å². The molecule has 0 fully saturated rings. The Kier molecular flexibility index (Phi) is 14.6. The number of hydrogen-bond donors (Lipinski definition) is 1. The molecule has 0 radical (unpaired) electrons. The van der Waals surface area contributed by atoms with Gasteiger partial charge >= 0.3 is 5.97 Å². The lowest BCUT2D eigenvalue weighted by atomic mass is 10.0. The Labute approximate surface area is 138 Å². The summed E-state index contributed by atoms with van der Waals surface area (Å²) >= 11 is 0. The van der Waals surface area contributed by atoms with Crippen LogP contribution >= 0.6 is 0 Å². The summed E-state index contributed by atoms with van der Waals surface area (Å²) in [7, 11) is 0. The molecular formula is C20H38O2. The highest BCUT2D eigenvalue weighted by molar-refractivity contribution is 5.85. The Morgan fingerprint density at radius 2 is 1.14 bits per heavy atom. The molecule has 0 aromatic carbocycles. The topological polar surface area (TPSA) is 37.3 Å². The zero-order valence-electron chi connectivity index (χ0n) is 15.0. The van der Waals surface area contributed by atoms with Crippen LogP contribution in [0.25, 0.3) is 0 Å². The average molecular weight is 311 g/mol. The van der Waals surface area contributed by atoms with E-state index in [1.54, 1.807) is 0 Å². The highest BCUT2D eigenvalue weighted by atomic mass is 16.4. The Hall–Kier alpha value is -0.790. The number of carboxylic acids is 1. The van der Waals surface area contributed by atoms with Crippen molar-refractivity contribution in [2.45, 2.75) is 104 Å². The van der Waals surface area contributed by atoms with E-state index in [0.29, 0.717) is 12.0 Å². The zero-order valence-corrected chi connectivity index (χ0v) is 15.0. The summed E-state index contributed by atoms with van der Waals surface area (Å²) in [5, 5.41) is 8.70. The molecule has 0 rings (SSSR count). The van der Waals surface area contributed by atoms with Gasteiger partial charge in [0.1, 0.15) is 0 Å². The summed E-state index contributed by atoms with van der Waals surface area (Å²) in [5.41, 5.74) is 0.355. The first-order valence-electron chi connectivity index (χ1n) is 9.45. The Morgan fingerprint density at radius 3 is 1.50 bits per heavy atom. The van der Waals surface area contributed by atoms with Gasteiger partial charge < -0.3 is 5.11 Å². The highest BCUT2D eigenvalue weighted by Crippen LogP contribution is 2.15. The van der Waals surface area contributed by atoms with Crippen molar-refractivity contribution in [1.82, 2.24) is 0 Å². The first-order valence-corrected chi connectivity index (χ1v) is 9.45. The molecule has 2 nitrogen and oxygen atoms in total. The maximum atomic E-state index is 10.6. The molecule has 0 amide bonds. The third kappa shape index (κ3) is 15.6. The van der Waals surface area contributed by atoms with E-state index in [4.69, 9.17) is 5.11 Å². The van der Waals surface area contributed by atoms with Crippen LogP contribution in [-0.2, 0) is 4.79 Å². The van der Waals surface area contributed by atoms with E-state index in [0.717, 1.165) is 18.8 Å². The van der Waals surface area contributed by atoms with E-state index in [1.165, 1.54) is 70.6 Å². The van der Waals surface area contributed by atoms with Crippen LogP contribution in [-0.4, -0.2) is 11.1 Å². The molecule has 0 aromatic heterocycles. The molecule has 0 aliphatic rings. The molecule has 0 unspecified atom stereocenters. The Balaban J connectivity index is 3.08. The van der Waals surface area contributed by atoms with Gasteiger partial charge in [0, 0.05) is 5.57 Å². The van der Waals surface area contributed by atoms with Crippen LogP contribution in [0.4, 0.5) is 0 Å². The first-order chi connectivity index (χ1) is 10.5. The predicted octanol–water partition coefficient (Wildman–Crippen LogP) is 6.74. The quantitative estimate of drug-likeness (QED) is 0.253. The number of unbranched alkanes of at least 4 members (excludes halogenated alkanes) is 11. The van der Waals surface area contributed by atoms with Crippen LogP contribution in [0.5, 0.6) is 0 Å². The van der Waals surface area contributed by atoms with Crippen molar-refractivity contribution in [3.63, 3.8) is 0 Å². The van der Waals surface area contributed by atoms with Gasteiger partial charge in [-0.3, -0.25) is 0 Å². The highest BCUT2D eigenvalue weighted by Gasteiger charge is 2.02. The van der Waals surface area contributed by atoms with Gasteiger partial charge in [-0.15, -0.1) is 0 Å². The van der Waals surface area contributed by atoms with Crippen molar-refractivity contribution in [3.05, 3.63) is 12.2 Å². The molecule has 0 saturated heterocycles. The summed E-state index contributed by atoms with van der Waals surface area (Å²) in [6.07, 6.45) is 17.8. The van der Waals surface area contributed by atoms with Gasteiger partial charge in [0.15, 0.2) is 0 Å². The summed E-state index contributed by atoms with van der Waals surface area (Å²) in [6.45, 7) is 8.17. The maximum Gasteiger partial charge on any atom is 0.330 e. The summed E-state index contributed by atoms with van der Waals surface area (Å²) < 4.78 is 0. The zero-order chi connectivity index (χ0) is 16.6. The fraction of sp³-hybridized carbons (Fsp3) is 0.850. The predicted molar refractivity (Wildman–Crippen MR) is 96.3 cm³/mol. The second kappa shape index (κ2) is 15.1. The van der Waals surface area contributed by atoms with Crippen molar-refractivity contribution in [2.24, 2.45) is 5.92 Å². The number of aliphatic carboxylic acids is 1. The molecule has 0 atom stereocenters. The fourth-order valence-corrected chi connectivity index (χ4v) is 2.77. The summed E-state index contributed by atoms with van der Waals surface area (Å²) in [6, 6.07) is 0. The van der Waals surface area contributed by atoms with Crippen molar-refractivity contribution < 1.29 is 9.90 Å². The minimum atomic E-state index is -0.843. The number of carboxylic acid groups (broad SMARTS) is 1. The number of carbonyl (C=O) groups is 1. The van der Waals surface area contributed by atoms with Crippen molar-refractivity contribution in [1.29, 1.82) is 0 Å². The fourth-order valence-electron chi connectivity index (χ4n) is 2.77. The average Bonchev–Trinajstić information content (AvgIpc) is 2.46. The van der Waals surface area contributed by atoms with E-state index < -0.39 is 5.97 Å². The lowest BCUT2D eigenvalue weighted by Crippen LogP contribution is -1.98. The molecule has 0 bridgehead atoms. The third-order valence-corrected chi connectivity index (χ3v) is 4.31. The van der Waals surface area contributed by atoms with E-state index in [-0.39, 0.29) is 0 Å². The van der Waals surface area contributed by atoms with E-state index >= 15 is 0 Å². The Morgan fingerprint density at radius 1 is 0.773 bits per heavy atom. The van der Waals surface area contributed by atoms with Gasteiger partial charge in [0.25, 0.3) is 0 Å². The lowest BCUT2D eigenvalue weighted by Gasteiger charge is -2.05. The molecule has 0 spiro atoms. The molecule has 0 aliphatic heterocycles. The normalized spacial score (nSPS) is 11.0. The van der Waals surface area contributed by atoms with Crippen LogP contribution in [0.3, 0.4) is 0 Å². The van der Waals surface area contributed by atoms with E-state index in [1.807, 2.05) is 0 Å². The standard InChI is InChI=1S/C20H38O2/c1-18(2)16-14-12-10-8-6-4-5-7-9-11-13-15-17-19(3)20(21)22/h18H,3-17H2,1-2H3,(H,21,22). The largest absolute Gasteiger partial charge is 0.478 e. The van der Waals surface area contributed by atoms with Gasteiger partial charge in [-0.1, -0.05) is 97.5 Å². The van der Waals surface area contributed by atoms with Crippen LogP contribution < -0.4 is 0 Å². The monoisotopic (exact) mass is 310 g/mol. The van der Waals surface area contributed by atoms with Crippen LogP contribution in [0, 0.1) is 5.92 Å². The molecule has 2 heteroatoms. The molecule has 130 valence electrons.